The second-order valence-corrected chi connectivity index (χ2v) is 20.6. The molecule has 4 aliphatic rings. The molecule has 0 spiro atoms. The van der Waals surface area contributed by atoms with E-state index in [9.17, 15) is 37.5 Å². The van der Waals surface area contributed by atoms with E-state index in [1.165, 1.54) is 23.0 Å². The molecule has 7 heterocycles. The third-order valence-corrected chi connectivity index (χ3v) is 14.1. The van der Waals surface area contributed by atoms with Gasteiger partial charge in [-0.2, -0.15) is 18.6 Å². The molecular weight excluding hydrogens is 918 g/mol. The number of likely N-dealkylation sites (tertiary alicyclic amines) is 2. The monoisotopic (exact) mass is 976 g/mol. The summed E-state index contributed by atoms with van der Waals surface area (Å²) in [5, 5.41) is 18.4. The van der Waals surface area contributed by atoms with Crippen LogP contribution in [0.2, 0.25) is 0 Å². The third-order valence-electron chi connectivity index (χ3n) is 13.2. The number of nitrogens with one attached hydrogen (secondary N) is 2. The van der Waals surface area contributed by atoms with Gasteiger partial charge in [-0.25, -0.2) is 9.78 Å². The highest BCUT2D eigenvalue weighted by atomic mass is 32.1. The SMILES string of the molecule is CO[C@@H](C)c1ncccc1-c1c2c3cc(ccc3n1CC(F)(F)F)-c1csc(n1)C[C@H](NC(=O)CCOC1CN(C(=O)C#CC(C)(C)N3CCC3)C1)C(=O)N1CCC[C@@](O)(N1)C(=O)OCC(C)(C)C2. The molecule has 3 aromatic heterocycles. The van der Waals surface area contributed by atoms with Crippen molar-refractivity contribution in [1.29, 1.82) is 0 Å². The average molecular weight is 977 g/mol. The van der Waals surface area contributed by atoms with E-state index in [2.05, 4.69) is 32.5 Å². The van der Waals surface area contributed by atoms with Crippen LogP contribution in [-0.2, 0) is 52.8 Å². The van der Waals surface area contributed by atoms with E-state index < -0.39 is 53.8 Å². The zero-order valence-electron chi connectivity index (χ0n) is 39.7. The number of hydrazine groups is 1. The fourth-order valence-electron chi connectivity index (χ4n) is 9.15. The van der Waals surface area contributed by atoms with E-state index in [-0.39, 0.29) is 75.1 Å². The van der Waals surface area contributed by atoms with Gasteiger partial charge in [-0.1, -0.05) is 25.8 Å². The standard InChI is InChI=1S/C49H59F3N8O8S/c1-30(66-6)42-33(10-7-17-53-42)43-35-24-46(2,3)29-68-45(64)48(65)15-8-20-60(56-48)44(63)36(23-40-55-37(27-69-40)31-11-12-38(34(35)22-31)59(43)28-49(50,51)52)54-39(61)14-21-67-32-25-57(26-32)41(62)13-16-47(4,5)58-18-9-19-58/h7,10-12,17,22,27,30,32,36,56,65H,8-9,14-15,18-21,23-26,28-29H2,1-6H3,(H,54,61)/t30-,36-,48-/m0/s1. The summed E-state index contributed by atoms with van der Waals surface area (Å²) in [5.74, 6) is 3.41. The number of esters is 1. The lowest BCUT2D eigenvalue weighted by Crippen LogP contribution is -2.67. The first kappa shape index (κ1) is 50.0. The van der Waals surface area contributed by atoms with Gasteiger partial charge in [-0.3, -0.25) is 29.3 Å². The Labute approximate surface area is 402 Å². The molecule has 3 saturated heterocycles. The Kier molecular flexibility index (Phi) is 14.3. The lowest BCUT2D eigenvalue weighted by Gasteiger charge is -2.41. The molecule has 0 radical (unpaired) electrons. The molecule has 69 heavy (non-hydrogen) atoms. The maximum absolute atomic E-state index is 14.6. The first-order valence-electron chi connectivity index (χ1n) is 23.3. The Morgan fingerprint density at radius 3 is 2.61 bits per heavy atom. The Morgan fingerprint density at radius 1 is 1.13 bits per heavy atom. The molecule has 0 saturated carbocycles. The number of benzene rings is 1. The third kappa shape index (κ3) is 11.1. The van der Waals surface area contributed by atoms with Crippen LogP contribution in [-0.4, -0.2) is 141 Å². The molecule has 0 aliphatic carbocycles. The molecule has 8 rings (SSSR count). The maximum Gasteiger partial charge on any atom is 0.406 e. The van der Waals surface area contributed by atoms with Crippen molar-refractivity contribution in [3.8, 4) is 34.4 Å². The predicted molar refractivity (Wildman–Crippen MR) is 250 cm³/mol. The Morgan fingerprint density at radius 2 is 1.90 bits per heavy atom. The smallest absolute Gasteiger partial charge is 0.406 e. The summed E-state index contributed by atoms with van der Waals surface area (Å²) in [6, 6.07) is 7.32. The summed E-state index contributed by atoms with van der Waals surface area (Å²) in [4.78, 5) is 67.6. The predicted octanol–water partition coefficient (Wildman–Crippen LogP) is 5.17. The molecule has 3 N–H and O–H groups in total. The van der Waals surface area contributed by atoms with Crippen molar-refractivity contribution in [3.05, 3.63) is 58.2 Å². The summed E-state index contributed by atoms with van der Waals surface area (Å²) < 4.78 is 62.4. The zero-order chi connectivity index (χ0) is 49.5. The Balaban J connectivity index is 1.07. The number of cyclic esters (lactones) is 1. The lowest BCUT2D eigenvalue weighted by molar-refractivity contribution is -0.189. The number of aromatic nitrogens is 3. The number of alkyl halides is 3. The van der Waals surface area contributed by atoms with Gasteiger partial charge in [0.25, 0.3) is 11.8 Å². The number of ether oxygens (including phenoxy) is 3. The van der Waals surface area contributed by atoms with Gasteiger partial charge in [0, 0.05) is 98.1 Å². The number of pyridine rings is 1. The number of amides is 3. The van der Waals surface area contributed by atoms with Crippen LogP contribution in [0.4, 0.5) is 13.2 Å². The quantitative estimate of drug-likeness (QED) is 0.141. The van der Waals surface area contributed by atoms with Gasteiger partial charge in [-0.05, 0) is 75.8 Å². The number of methoxy groups -OCH3 is 1. The number of carbonyl (C=O) groups is 4. The highest BCUT2D eigenvalue weighted by Gasteiger charge is 2.45. The number of thiazole rings is 1. The zero-order valence-corrected chi connectivity index (χ0v) is 40.5. The van der Waals surface area contributed by atoms with Crippen LogP contribution in [0.15, 0.2) is 41.9 Å². The van der Waals surface area contributed by atoms with Crippen LogP contribution < -0.4 is 10.7 Å². The van der Waals surface area contributed by atoms with Gasteiger partial charge >= 0.3 is 12.1 Å². The molecule has 3 amide bonds. The van der Waals surface area contributed by atoms with E-state index >= 15 is 0 Å². The number of halogens is 3. The minimum Gasteiger partial charge on any atom is -0.462 e. The van der Waals surface area contributed by atoms with Crippen LogP contribution >= 0.6 is 11.3 Å². The molecule has 4 aromatic rings. The van der Waals surface area contributed by atoms with Crippen LogP contribution in [0.1, 0.15) is 82.7 Å². The number of hydrogen-bond donors (Lipinski definition) is 3. The fraction of sp³-hybridized carbons (Fsp3) is 0.551. The molecule has 6 bridgehead atoms. The first-order valence-corrected chi connectivity index (χ1v) is 24.1. The second-order valence-electron chi connectivity index (χ2n) is 19.6. The van der Waals surface area contributed by atoms with E-state index in [0.29, 0.717) is 57.1 Å². The van der Waals surface area contributed by atoms with E-state index in [0.717, 1.165) is 24.5 Å². The van der Waals surface area contributed by atoms with Crippen molar-refractivity contribution in [2.75, 3.05) is 53.0 Å². The minimum absolute atomic E-state index is 0.0167. The van der Waals surface area contributed by atoms with Crippen LogP contribution in [0.5, 0.6) is 0 Å². The molecule has 0 unspecified atom stereocenters. The van der Waals surface area contributed by atoms with Crippen LogP contribution in [0, 0.1) is 17.3 Å². The van der Waals surface area contributed by atoms with Gasteiger partial charge in [0.1, 0.15) is 12.6 Å². The average Bonchev–Trinajstić information content (AvgIpc) is 3.84. The van der Waals surface area contributed by atoms with E-state index in [4.69, 9.17) is 19.2 Å². The molecule has 3 fully saturated rings. The molecular formula is C49H59F3N8O8S. The summed E-state index contributed by atoms with van der Waals surface area (Å²) in [6.45, 7) is 10.5. The lowest BCUT2D eigenvalue weighted by atomic mass is 9.84. The van der Waals surface area contributed by atoms with Gasteiger partial charge in [0.15, 0.2) is 0 Å². The van der Waals surface area contributed by atoms with Crippen molar-refractivity contribution in [2.45, 2.75) is 115 Å². The van der Waals surface area contributed by atoms with Gasteiger partial charge in [-0.15, -0.1) is 11.3 Å². The molecule has 1 aromatic carbocycles. The van der Waals surface area contributed by atoms with Crippen molar-refractivity contribution < 1.29 is 51.7 Å². The largest absolute Gasteiger partial charge is 0.462 e. The van der Waals surface area contributed by atoms with Crippen LogP contribution in [0.3, 0.4) is 0 Å². The van der Waals surface area contributed by atoms with E-state index in [1.807, 2.05) is 27.7 Å². The van der Waals surface area contributed by atoms with Crippen molar-refractivity contribution in [1.82, 2.24) is 40.1 Å². The summed E-state index contributed by atoms with van der Waals surface area (Å²) in [7, 11) is 1.50. The minimum atomic E-state index is -4.61. The second kappa shape index (κ2) is 19.8. The summed E-state index contributed by atoms with van der Waals surface area (Å²) >= 11 is 1.24. The number of aliphatic hydroxyl groups is 1. The number of hydrogen-bond acceptors (Lipinski definition) is 13. The molecule has 3 atom stereocenters. The molecule has 16 nitrogen and oxygen atoms in total. The summed E-state index contributed by atoms with van der Waals surface area (Å²) in [6.07, 6.45) is -2.71. The first-order chi connectivity index (χ1) is 32.6. The van der Waals surface area contributed by atoms with Gasteiger partial charge < -0.3 is 34.1 Å². The van der Waals surface area contributed by atoms with E-state index in [1.54, 1.807) is 53.7 Å². The maximum atomic E-state index is 14.6. The Hall–Kier alpha value is -5.43. The van der Waals surface area contributed by atoms with Crippen molar-refractivity contribution in [3.63, 3.8) is 0 Å². The van der Waals surface area contributed by atoms with Crippen LogP contribution in [0.25, 0.3) is 33.4 Å². The topological polar surface area (TPSA) is 181 Å². The van der Waals surface area contributed by atoms with Gasteiger partial charge in [0.05, 0.1) is 53.1 Å². The molecule has 20 heteroatoms. The number of carbonyl (C=O) groups excluding carboxylic acids is 4. The Bertz CT molecular complexity index is 2660. The highest BCUT2D eigenvalue weighted by molar-refractivity contribution is 7.10. The molecule has 4 aliphatic heterocycles. The fourth-order valence-corrected chi connectivity index (χ4v) is 10.0. The number of nitrogens with zero attached hydrogens (tertiary/aromatic N) is 6. The molecule has 370 valence electrons. The van der Waals surface area contributed by atoms with Gasteiger partial charge in [0.2, 0.25) is 11.6 Å². The number of fused-ring (bicyclic) bond motifs is 6. The van der Waals surface area contributed by atoms with Crippen molar-refractivity contribution in [2.24, 2.45) is 5.41 Å². The summed E-state index contributed by atoms with van der Waals surface area (Å²) in [5.41, 5.74) is 2.22. The highest BCUT2D eigenvalue weighted by Crippen LogP contribution is 2.43. The van der Waals surface area contributed by atoms with Crippen molar-refractivity contribution >= 4 is 45.9 Å². The number of rotatable bonds is 10. The normalized spacial score (nSPS) is 21.9.